The first kappa shape index (κ1) is 18.2. The average Bonchev–Trinajstić information content (AvgIpc) is 3.08. The molecule has 1 fully saturated rings. The van der Waals surface area contributed by atoms with Crippen LogP contribution in [0.4, 0.5) is 10.2 Å². The molecule has 3 rings (SSSR count). The van der Waals surface area contributed by atoms with Crippen molar-refractivity contribution in [1.29, 1.82) is 0 Å². The van der Waals surface area contributed by atoms with E-state index in [0.29, 0.717) is 24.2 Å². The van der Waals surface area contributed by atoms with Crippen molar-refractivity contribution in [3.05, 3.63) is 12.7 Å². The van der Waals surface area contributed by atoms with Gasteiger partial charge in [-0.2, -0.15) is 0 Å². The van der Waals surface area contributed by atoms with Crippen molar-refractivity contribution < 1.29 is 13.6 Å². The molecule has 1 saturated heterocycles. The Morgan fingerprint density at radius 2 is 2.08 bits per heavy atom. The van der Waals surface area contributed by atoms with Crippen molar-refractivity contribution in [1.82, 2.24) is 19.5 Å². The zero-order valence-electron chi connectivity index (χ0n) is 15.4. The normalized spacial score (nSPS) is 25.0. The number of halogens is 1. The molecule has 138 valence electrons. The van der Waals surface area contributed by atoms with Crippen molar-refractivity contribution in [2.45, 2.75) is 63.8 Å². The first-order valence-electron chi connectivity index (χ1n) is 8.46. The number of hydrogen-bond acceptors (Lipinski definition) is 6. The van der Waals surface area contributed by atoms with Crippen LogP contribution in [0, 0.1) is 0 Å². The van der Waals surface area contributed by atoms with E-state index in [1.54, 1.807) is 4.57 Å². The number of imidazole rings is 1. The molecule has 0 aromatic carbocycles. The highest BCUT2D eigenvalue weighted by Crippen LogP contribution is 2.38. The zero-order chi connectivity index (χ0) is 18.4. The Balaban J connectivity index is 1.72. The first-order chi connectivity index (χ1) is 11.6. The summed E-state index contributed by atoms with van der Waals surface area (Å²) in [6, 6.07) is 0. The van der Waals surface area contributed by atoms with E-state index >= 15 is 0 Å². The van der Waals surface area contributed by atoms with Crippen LogP contribution >= 0.6 is 0 Å². The molecule has 0 spiro atoms. The zero-order valence-corrected chi connectivity index (χ0v) is 16.4. The summed E-state index contributed by atoms with van der Waals surface area (Å²) in [7, 11) is -1.89. The van der Waals surface area contributed by atoms with Crippen molar-refractivity contribution in [2.24, 2.45) is 0 Å². The monoisotopic (exact) mass is 367 g/mol. The molecule has 2 aromatic heterocycles. The molecule has 1 aliphatic heterocycles. The van der Waals surface area contributed by atoms with Crippen LogP contribution in [0.2, 0.25) is 18.1 Å². The third kappa shape index (κ3) is 3.40. The molecule has 1 aliphatic rings. The number of nitrogens with zero attached hydrogens (tertiary/aromatic N) is 4. The Kier molecular flexibility index (Phi) is 4.59. The van der Waals surface area contributed by atoms with Gasteiger partial charge in [-0.15, -0.1) is 0 Å². The van der Waals surface area contributed by atoms with Gasteiger partial charge in [0.25, 0.3) is 0 Å². The molecule has 0 unspecified atom stereocenters. The van der Waals surface area contributed by atoms with Crippen LogP contribution in [-0.2, 0) is 9.16 Å². The first-order valence-corrected chi connectivity index (χ1v) is 11.4. The molecular weight excluding hydrogens is 341 g/mol. The molecule has 25 heavy (non-hydrogen) atoms. The third-order valence-corrected chi connectivity index (χ3v) is 9.73. The van der Waals surface area contributed by atoms with Crippen LogP contribution in [0.15, 0.2) is 12.7 Å². The van der Waals surface area contributed by atoms with Crippen LogP contribution in [0.5, 0.6) is 0 Å². The maximum Gasteiger partial charge on any atom is 0.192 e. The Morgan fingerprint density at radius 3 is 2.76 bits per heavy atom. The van der Waals surface area contributed by atoms with E-state index in [-0.39, 0.29) is 17.0 Å². The number of nitrogens with two attached hydrogens (primary N) is 1. The molecule has 3 heterocycles. The summed E-state index contributed by atoms with van der Waals surface area (Å²) >= 11 is 0. The highest BCUT2D eigenvalue weighted by atomic mass is 28.4. The summed E-state index contributed by atoms with van der Waals surface area (Å²) in [4.78, 5) is 12.2. The molecule has 0 saturated carbocycles. The molecular formula is C16H26FN5O2Si. The topological polar surface area (TPSA) is 88.1 Å². The van der Waals surface area contributed by atoms with E-state index in [9.17, 15) is 4.39 Å². The van der Waals surface area contributed by atoms with Gasteiger partial charge in [0.2, 0.25) is 0 Å². The number of aromatic nitrogens is 4. The summed E-state index contributed by atoms with van der Waals surface area (Å²) in [6.07, 6.45) is 0.930. The van der Waals surface area contributed by atoms with E-state index in [1.807, 2.05) is 0 Å². The van der Waals surface area contributed by atoms with Crippen LogP contribution in [-0.4, -0.2) is 46.7 Å². The van der Waals surface area contributed by atoms with Crippen LogP contribution in [0.1, 0.15) is 33.4 Å². The van der Waals surface area contributed by atoms with Crippen molar-refractivity contribution in [2.75, 3.05) is 12.3 Å². The Labute approximate surface area is 147 Å². The number of fused-ring (bicyclic) bond motifs is 1. The summed E-state index contributed by atoms with van der Waals surface area (Å²) < 4.78 is 28.3. The third-order valence-electron chi connectivity index (χ3n) is 5.23. The lowest BCUT2D eigenvalue weighted by Crippen LogP contribution is -2.42. The second-order valence-corrected chi connectivity index (χ2v) is 12.9. The Morgan fingerprint density at radius 1 is 1.36 bits per heavy atom. The highest BCUT2D eigenvalue weighted by Gasteiger charge is 2.41. The van der Waals surface area contributed by atoms with Gasteiger partial charge in [0, 0.05) is 6.42 Å². The molecule has 9 heteroatoms. The predicted octanol–water partition coefficient (Wildman–Crippen LogP) is 3.06. The van der Waals surface area contributed by atoms with Gasteiger partial charge in [-0.05, 0) is 18.1 Å². The van der Waals surface area contributed by atoms with Gasteiger partial charge in [-0.1, -0.05) is 20.8 Å². The quantitative estimate of drug-likeness (QED) is 0.836. The van der Waals surface area contributed by atoms with Gasteiger partial charge in [0.15, 0.2) is 26.0 Å². The van der Waals surface area contributed by atoms with Crippen molar-refractivity contribution >= 4 is 25.3 Å². The van der Waals surface area contributed by atoms with Crippen molar-refractivity contribution in [3.8, 4) is 0 Å². The number of anilines is 1. The molecule has 0 radical (unpaired) electrons. The lowest BCUT2D eigenvalue weighted by molar-refractivity contribution is -0.0331. The standard InChI is InChI=1S/C16H26FN5O2Si/c1-16(2,3)25(4,5)23-7-10-6-11(17)15(24-10)22-9-21-12-13(18)19-8-20-14(12)22/h8-11,15H,6-7H2,1-5H3,(H2,18,19,20)/t10-,11-,15+/m0/s1. The van der Waals surface area contributed by atoms with Gasteiger partial charge in [0.1, 0.15) is 18.0 Å². The maximum atomic E-state index is 14.6. The van der Waals surface area contributed by atoms with Crippen LogP contribution in [0.25, 0.3) is 11.2 Å². The lowest BCUT2D eigenvalue weighted by atomic mass is 10.2. The van der Waals surface area contributed by atoms with E-state index in [2.05, 4.69) is 48.8 Å². The van der Waals surface area contributed by atoms with Gasteiger partial charge >= 0.3 is 0 Å². The second-order valence-electron chi connectivity index (χ2n) is 8.05. The number of ether oxygens (including phenoxy) is 1. The maximum absolute atomic E-state index is 14.6. The van der Waals surface area contributed by atoms with Gasteiger partial charge in [0.05, 0.1) is 19.0 Å². The Hall–Kier alpha value is -1.58. The fourth-order valence-electron chi connectivity index (χ4n) is 2.63. The molecule has 0 bridgehead atoms. The minimum absolute atomic E-state index is 0.106. The van der Waals surface area contributed by atoms with E-state index in [4.69, 9.17) is 14.9 Å². The number of nitrogen functional groups attached to an aromatic ring is 1. The van der Waals surface area contributed by atoms with Crippen LogP contribution in [0.3, 0.4) is 0 Å². The highest BCUT2D eigenvalue weighted by molar-refractivity contribution is 6.74. The molecule has 0 amide bonds. The van der Waals surface area contributed by atoms with Crippen LogP contribution < -0.4 is 5.73 Å². The fourth-order valence-corrected chi connectivity index (χ4v) is 3.66. The molecule has 2 N–H and O–H groups in total. The predicted molar refractivity (Wildman–Crippen MR) is 96.3 cm³/mol. The minimum Gasteiger partial charge on any atom is -0.414 e. The summed E-state index contributed by atoms with van der Waals surface area (Å²) in [5, 5.41) is 0.106. The SMILES string of the molecule is CC(C)(C)[Si](C)(C)OC[C@@H]1C[C@H](F)[C@H](n2cnc3c(N)ncnc32)O1. The van der Waals surface area contributed by atoms with Gasteiger partial charge in [-0.25, -0.2) is 19.3 Å². The lowest BCUT2D eigenvalue weighted by Gasteiger charge is -2.36. The van der Waals surface area contributed by atoms with E-state index < -0.39 is 20.7 Å². The van der Waals surface area contributed by atoms with E-state index in [1.165, 1.54) is 12.7 Å². The molecule has 2 aromatic rings. The Bertz CT molecular complexity index is 761. The average molecular weight is 368 g/mol. The smallest absolute Gasteiger partial charge is 0.192 e. The van der Waals surface area contributed by atoms with Crippen molar-refractivity contribution in [3.63, 3.8) is 0 Å². The van der Waals surface area contributed by atoms with Gasteiger partial charge < -0.3 is 14.9 Å². The van der Waals surface area contributed by atoms with Gasteiger partial charge in [-0.3, -0.25) is 4.57 Å². The second kappa shape index (κ2) is 6.29. The summed E-state index contributed by atoms with van der Waals surface area (Å²) in [6.45, 7) is 11.3. The summed E-state index contributed by atoms with van der Waals surface area (Å²) in [5.41, 5.74) is 6.73. The summed E-state index contributed by atoms with van der Waals surface area (Å²) in [5.74, 6) is 0.273. The number of hydrogen-bond donors (Lipinski definition) is 1. The fraction of sp³-hybridized carbons (Fsp3) is 0.688. The largest absolute Gasteiger partial charge is 0.414 e. The molecule has 7 nitrogen and oxygen atoms in total. The number of rotatable bonds is 4. The number of alkyl halides is 1. The molecule has 3 atom stereocenters. The minimum atomic E-state index is -1.89. The molecule has 0 aliphatic carbocycles. The van der Waals surface area contributed by atoms with E-state index in [0.717, 1.165) is 0 Å².